The number of rotatable bonds is 5. The number of carbonyl (C=O) groups is 1. The Hall–Kier alpha value is -1.65. The lowest BCUT2D eigenvalue weighted by Gasteiger charge is -2.07. The number of hydrogen-bond acceptors (Lipinski definition) is 4. The van der Waals surface area contributed by atoms with Crippen LogP contribution in [0.15, 0.2) is 6.20 Å². The van der Waals surface area contributed by atoms with Gasteiger partial charge in [0.2, 0.25) is 5.95 Å². The molecule has 1 aliphatic carbocycles. The molecule has 0 unspecified atom stereocenters. The van der Waals surface area contributed by atoms with Crippen LogP contribution in [0.5, 0.6) is 0 Å². The van der Waals surface area contributed by atoms with Crippen LogP contribution in [0.4, 0.5) is 5.95 Å². The molecular formula is C11H15N3O2. The Labute approximate surface area is 93.9 Å². The van der Waals surface area contributed by atoms with Crippen molar-refractivity contribution >= 4 is 11.9 Å². The number of carboxylic acids is 1. The molecular weight excluding hydrogens is 206 g/mol. The summed E-state index contributed by atoms with van der Waals surface area (Å²) in [5.74, 6) is -0.405. The lowest BCUT2D eigenvalue weighted by atomic mass is 10.1. The van der Waals surface area contributed by atoms with E-state index in [-0.39, 0.29) is 5.56 Å². The molecule has 0 bridgehead atoms. The number of anilines is 1. The van der Waals surface area contributed by atoms with Gasteiger partial charge in [0.1, 0.15) is 0 Å². The molecule has 1 fully saturated rings. The average Bonchev–Trinajstić information content (AvgIpc) is 3.02. The van der Waals surface area contributed by atoms with Crippen LogP contribution in [0.25, 0.3) is 0 Å². The first-order valence-electron chi connectivity index (χ1n) is 5.56. The minimum Gasteiger partial charge on any atom is -0.478 e. The number of aryl methyl sites for hydroxylation is 1. The van der Waals surface area contributed by atoms with Gasteiger partial charge < -0.3 is 10.4 Å². The first kappa shape index (κ1) is 10.9. The Morgan fingerprint density at radius 1 is 1.62 bits per heavy atom. The highest BCUT2D eigenvalue weighted by atomic mass is 16.4. The van der Waals surface area contributed by atoms with Gasteiger partial charge in [0, 0.05) is 12.2 Å². The van der Waals surface area contributed by atoms with Crippen LogP contribution in [0.3, 0.4) is 0 Å². The molecule has 0 amide bonds. The summed E-state index contributed by atoms with van der Waals surface area (Å²) >= 11 is 0. The first-order chi connectivity index (χ1) is 7.70. The van der Waals surface area contributed by atoms with Gasteiger partial charge in [-0.05, 0) is 19.3 Å². The fourth-order valence-electron chi connectivity index (χ4n) is 1.50. The molecule has 5 nitrogen and oxygen atoms in total. The zero-order valence-electron chi connectivity index (χ0n) is 9.23. The first-order valence-corrected chi connectivity index (χ1v) is 5.56. The van der Waals surface area contributed by atoms with Gasteiger partial charge in [0.15, 0.2) is 0 Å². The van der Waals surface area contributed by atoms with E-state index in [1.807, 2.05) is 6.92 Å². The largest absolute Gasteiger partial charge is 0.478 e. The Bertz CT molecular complexity index is 402. The third kappa shape index (κ3) is 2.48. The van der Waals surface area contributed by atoms with Gasteiger partial charge in [-0.3, -0.25) is 0 Å². The Balaban J connectivity index is 2.22. The fraction of sp³-hybridized carbons (Fsp3) is 0.545. The normalized spacial score (nSPS) is 14.8. The smallest absolute Gasteiger partial charge is 0.339 e. The molecule has 0 atom stereocenters. The van der Waals surface area contributed by atoms with E-state index in [1.54, 1.807) is 0 Å². The van der Waals surface area contributed by atoms with E-state index in [0.29, 0.717) is 24.1 Å². The van der Waals surface area contributed by atoms with Gasteiger partial charge in [-0.15, -0.1) is 0 Å². The molecule has 0 aliphatic heterocycles. The van der Waals surface area contributed by atoms with Crippen molar-refractivity contribution in [1.82, 2.24) is 9.97 Å². The SMILES string of the molecule is CCCc1nc(NC2CC2)ncc1C(=O)O. The van der Waals surface area contributed by atoms with E-state index in [1.165, 1.54) is 6.20 Å². The molecule has 2 rings (SSSR count). The molecule has 1 heterocycles. The summed E-state index contributed by atoms with van der Waals surface area (Å²) in [6.07, 6.45) is 5.23. The van der Waals surface area contributed by atoms with E-state index in [9.17, 15) is 4.79 Å². The summed E-state index contributed by atoms with van der Waals surface area (Å²) in [4.78, 5) is 19.2. The highest BCUT2D eigenvalue weighted by Crippen LogP contribution is 2.23. The minimum atomic E-state index is -0.957. The van der Waals surface area contributed by atoms with Gasteiger partial charge in [0.25, 0.3) is 0 Å². The predicted molar refractivity (Wildman–Crippen MR) is 59.6 cm³/mol. The zero-order chi connectivity index (χ0) is 11.5. The number of hydrogen-bond donors (Lipinski definition) is 2. The van der Waals surface area contributed by atoms with Crippen molar-refractivity contribution in [3.63, 3.8) is 0 Å². The molecule has 1 aliphatic rings. The van der Waals surface area contributed by atoms with Crippen LogP contribution in [-0.2, 0) is 6.42 Å². The van der Waals surface area contributed by atoms with Crippen molar-refractivity contribution in [2.75, 3.05) is 5.32 Å². The van der Waals surface area contributed by atoms with Crippen molar-refractivity contribution in [2.45, 2.75) is 38.6 Å². The van der Waals surface area contributed by atoms with E-state index < -0.39 is 5.97 Å². The maximum Gasteiger partial charge on any atom is 0.339 e. The van der Waals surface area contributed by atoms with Crippen LogP contribution < -0.4 is 5.32 Å². The predicted octanol–water partition coefficient (Wildman–Crippen LogP) is 1.70. The van der Waals surface area contributed by atoms with Crippen molar-refractivity contribution in [3.8, 4) is 0 Å². The van der Waals surface area contributed by atoms with E-state index in [2.05, 4.69) is 15.3 Å². The van der Waals surface area contributed by atoms with Crippen LogP contribution in [0, 0.1) is 0 Å². The average molecular weight is 221 g/mol. The number of nitrogens with zero attached hydrogens (tertiary/aromatic N) is 2. The maximum atomic E-state index is 10.9. The molecule has 0 saturated heterocycles. The highest BCUT2D eigenvalue weighted by Gasteiger charge is 2.22. The van der Waals surface area contributed by atoms with Crippen molar-refractivity contribution in [2.24, 2.45) is 0 Å². The molecule has 0 aromatic carbocycles. The third-order valence-electron chi connectivity index (χ3n) is 2.50. The Morgan fingerprint density at radius 2 is 2.38 bits per heavy atom. The van der Waals surface area contributed by atoms with E-state index in [0.717, 1.165) is 19.3 Å². The van der Waals surface area contributed by atoms with Crippen molar-refractivity contribution in [1.29, 1.82) is 0 Å². The fourth-order valence-corrected chi connectivity index (χ4v) is 1.50. The number of nitrogens with one attached hydrogen (secondary N) is 1. The minimum absolute atomic E-state index is 0.211. The standard InChI is InChI=1S/C11H15N3O2/c1-2-3-9-8(10(15)16)6-12-11(14-9)13-7-4-5-7/h6-7H,2-5H2,1H3,(H,15,16)(H,12,13,14). The summed E-state index contributed by atoms with van der Waals surface area (Å²) in [6, 6.07) is 0.477. The quantitative estimate of drug-likeness (QED) is 0.791. The number of aromatic carboxylic acids is 1. The molecule has 16 heavy (non-hydrogen) atoms. The second kappa shape index (κ2) is 4.47. The highest BCUT2D eigenvalue weighted by molar-refractivity contribution is 5.88. The molecule has 1 aromatic rings. The van der Waals surface area contributed by atoms with Crippen molar-refractivity contribution < 1.29 is 9.90 Å². The topological polar surface area (TPSA) is 75.1 Å². The summed E-state index contributed by atoms with van der Waals surface area (Å²) < 4.78 is 0. The Morgan fingerprint density at radius 3 is 2.94 bits per heavy atom. The van der Waals surface area contributed by atoms with Crippen LogP contribution in [0.1, 0.15) is 42.2 Å². The summed E-state index contributed by atoms with van der Waals surface area (Å²) in [5, 5.41) is 12.1. The molecule has 2 N–H and O–H groups in total. The molecule has 5 heteroatoms. The van der Waals surface area contributed by atoms with Gasteiger partial charge in [-0.1, -0.05) is 13.3 Å². The van der Waals surface area contributed by atoms with Gasteiger partial charge in [-0.2, -0.15) is 0 Å². The van der Waals surface area contributed by atoms with Gasteiger partial charge in [-0.25, -0.2) is 14.8 Å². The Kier molecular flexibility index (Phi) is 3.03. The number of carboxylic acid groups (broad SMARTS) is 1. The van der Waals surface area contributed by atoms with E-state index >= 15 is 0 Å². The lowest BCUT2D eigenvalue weighted by Crippen LogP contribution is -2.11. The van der Waals surface area contributed by atoms with Crippen LogP contribution in [-0.4, -0.2) is 27.1 Å². The number of aromatic nitrogens is 2. The maximum absolute atomic E-state index is 10.9. The molecule has 0 spiro atoms. The van der Waals surface area contributed by atoms with Gasteiger partial charge >= 0.3 is 5.97 Å². The summed E-state index contributed by atoms with van der Waals surface area (Å²) in [5.41, 5.74) is 0.830. The van der Waals surface area contributed by atoms with E-state index in [4.69, 9.17) is 5.11 Å². The lowest BCUT2D eigenvalue weighted by molar-refractivity contribution is 0.0694. The van der Waals surface area contributed by atoms with Crippen LogP contribution in [0.2, 0.25) is 0 Å². The molecule has 0 radical (unpaired) electrons. The third-order valence-corrected chi connectivity index (χ3v) is 2.50. The summed E-state index contributed by atoms with van der Waals surface area (Å²) in [7, 11) is 0. The second-order valence-electron chi connectivity index (χ2n) is 4.03. The van der Waals surface area contributed by atoms with Crippen LogP contribution >= 0.6 is 0 Å². The summed E-state index contributed by atoms with van der Waals surface area (Å²) in [6.45, 7) is 2.00. The van der Waals surface area contributed by atoms with Gasteiger partial charge in [0.05, 0.1) is 11.3 Å². The zero-order valence-corrected chi connectivity index (χ0v) is 9.23. The second-order valence-corrected chi connectivity index (χ2v) is 4.03. The molecule has 86 valence electrons. The molecule has 1 saturated carbocycles. The molecule has 1 aromatic heterocycles. The monoisotopic (exact) mass is 221 g/mol. The van der Waals surface area contributed by atoms with Crippen molar-refractivity contribution in [3.05, 3.63) is 17.5 Å².